The number of carbonyl (C=O) groups excluding carboxylic acids is 1. The van der Waals surface area contributed by atoms with Gasteiger partial charge in [0.05, 0.1) is 5.92 Å². The Labute approximate surface area is 119 Å². The van der Waals surface area contributed by atoms with E-state index in [1.807, 2.05) is 20.8 Å². The number of carboxylic acid groups (broad SMARTS) is 1. The molecule has 2 rings (SSSR count). The average molecular weight is 284 g/mol. The molecule has 0 spiro atoms. The highest BCUT2D eigenvalue weighted by atomic mass is 16.6. The predicted molar refractivity (Wildman–Crippen MR) is 73.5 cm³/mol. The second kappa shape index (κ2) is 5.60. The van der Waals surface area contributed by atoms with Crippen molar-refractivity contribution in [3.8, 4) is 0 Å². The summed E-state index contributed by atoms with van der Waals surface area (Å²) in [6.45, 7) is 6.73. The van der Waals surface area contributed by atoms with Crippen LogP contribution in [0.4, 0.5) is 4.79 Å². The summed E-state index contributed by atoms with van der Waals surface area (Å²) in [5.41, 5.74) is -0.541. The van der Waals surface area contributed by atoms with Gasteiger partial charge in [-0.1, -0.05) is 0 Å². The van der Waals surface area contributed by atoms with Gasteiger partial charge in [0.1, 0.15) is 5.60 Å². The molecule has 2 fully saturated rings. The zero-order valence-corrected chi connectivity index (χ0v) is 12.4. The van der Waals surface area contributed by atoms with Gasteiger partial charge in [-0.25, -0.2) is 4.79 Å². The van der Waals surface area contributed by atoms with Crippen molar-refractivity contribution in [2.24, 2.45) is 5.92 Å². The van der Waals surface area contributed by atoms with Crippen molar-refractivity contribution in [3.63, 3.8) is 0 Å². The second-order valence-corrected chi connectivity index (χ2v) is 6.80. The van der Waals surface area contributed by atoms with Crippen LogP contribution in [0.2, 0.25) is 0 Å². The van der Waals surface area contributed by atoms with Crippen LogP contribution in [0.1, 0.15) is 40.0 Å². The molecule has 2 N–H and O–H groups in total. The molecule has 114 valence electrons. The Bertz CT molecular complexity index is 387. The molecule has 0 aromatic heterocycles. The summed E-state index contributed by atoms with van der Waals surface area (Å²) >= 11 is 0. The first-order chi connectivity index (χ1) is 9.24. The lowest BCUT2D eigenvalue weighted by Crippen LogP contribution is -2.53. The summed E-state index contributed by atoms with van der Waals surface area (Å²) < 4.78 is 5.23. The number of piperidine rings is 1. The van der Waals surface area contributed by atoms with E-state index >= 15 is 0 Å². The first kappa shape index (κ1) is 15.1. The fourth-order valence-corrected chi connectivity index (χ4v) is 2.63. The van der Waals surface area contributed by atoms with Crippen molar-refractivity contribution in [3.05, 3.63) is 0 Å². The monoisotopic (exact) mass is 284 g/mol. The molecule has 2 aliphatic rings. The van der Waals surface area contributed by atoms with Gasteiger partial charge in [0, 0.05) is 25.2 Å². The van der Waals surface area contributed by atoms with Crippen LogP contribution < -0.4 is 5.32 Å². The zero-order valence-electron chi connectivity index (χ0n) is 12.4. The van der Waals surface area contributed by atoms with E-state index in [1.54, 1.807) is 0 Å². The number of aliphatic carboxylic acids is 1. The van der Waals surface area contributed by atoms with Gasteiger partial charge in [-0.15, -0.1) is 0 Å². The number of amides is 1. The van der Waals surface area contributed by atoms with E-state index < -0.39 is 23.6 Å². The van der Waals surface area contributed by atoms with Gasteiger partial charge in [-0.05, 0) is 40.0 Å². The average Bonchev–Trinajstić information content (AvgIpc) is 3.09. The van der Waals surface area contributed by atoms with Crippen LogP contribution in [-0.4, -0.2) is 52.8 Å². The van der Waals surface area contributed by atoms with Gasteiger partial charge in [-0.2, -0.15) is 0 Å². The number of likely N-dealkylation sites (tertiary alicyclic amines) is 1. The van der Waals surface area contributed by atoms with E-state index in [1.165, 1.54) is 0 Å². The molecule has 6 nitrogen and oxygen atoms in total. The number of hydrogen-bond acceptors (Lipinski definition) is 4. The van der Waals surface area contributed by atoms with Crippen LogP contribution >= 0.6 is 0 Å². The lowest BCUT2D eigenvalue weighted by Gasteiger charge is -2.36. The molecule has 6 heteroatoms. The minimum Gasteiger partial charge on any atom is -0.481 e. The van der Waals surface area contributed by atoms with Crippen LogP contribution in [0.15, 0.2) is 0 Å². The zero-order chi connectivity index (χ0) is 14.9. The van der Waals surface area contributed by atoms with E-state index in [0.29, 0.717) is 25.6 Å². The summed E-state index contributed by atoms with van der Waals surface area (Å²) in [5.74, 6) is -1.20. The number of ether oxygens (including phenoxy) is 1. The molecule has 1 aliphatic carbocycles. The maximum Gasteiger partial charge on any atom is 0.407 e. The third-order valence-electron chi connectivity index (χ3n) is 3.61. The summed E-state index contributed by atoms with van der Waals surface area (Å²) in [6.07, 6.45) is 2.26. The Balaban J connectivity index is 1.92. The third kappa shape index (κ3) is 4.37. The number of nitrogens with zero attached hydrogens (tertiary/aromatic N) is 1. The third-order valence-corrected chi connectivity index (χ3v) is 3.61. The SMILES string of the molecule is CC(C)(C)OC(=O)NC1CC(C(=O)O)CN(C2CC2)C1. The van der Waals surface area contributed by atoms with Gasteiger partial charge in [-0.3, -0.25) is 9.69 Å². The molecule has 0 radical (unpaired) electrons. The fourth-order valence-electron chi connectivity index (χ4n) is 2.63. The van der Waals surface area contributed by atoms with Gasteiger partial charge < -0.3 is 15.2 Å². The van der Waals surface area contributed by atoms with Crippen molar-refractivity contribution < 1.29 is 19.4 Å². The molecule has 1 heterocycles. The summed E-state index contributed by atoms with van der Waals surface area (Å²) in [4.78, 5) is 25.2. The molecule has 2 atom stereocenters. The number of carboxylic acids is 1. The van der Waals surface area contributed by atoms with Crippen LogP contribution in [-0.2, 0) is 9.53 Å². The Morgan fingerprint density at radius 3 is 2.40 bits per heavy atom. The highest BCUT2D eigenvalue weighted by Gasteiger charge is 2.39. The van der Waals surface area contributed by atoms with Crippen LogP contribution in [0.25, 0.3) is 0 Å². The minimum atomic E-state index is -0.786. The quantitative estimate of drug-likeness (QED) is 0.820. The van der Waals surface area contributed by atoms with E-state index in [0.717, 1.165) is 12.8 Å². The molecular formula is C14H24N2O4. The molecule has 1 amide bonds. The molecular weight excluding hydrogens is 260 g/mol. The van der Waals surface area contributed by atoms with Gasteiger partial charge in [0.25, 0.3) is 0 Å². The van der Waals surface area contributed by atoms with Crippen molar-refractivity contribution in [1.82, 2.24) is 10.2 Å². The maximum atomic E-state index is 11.8. The van der Waals surface area contributed by atoms with Gasteiger partial charge in [0.15, 0.2) is 0 Å². The van der Waals surface area contributed by atoms with Crippen molar-refractivity contribution in [2.45, 2.75) is 57.7 Å². The minimum absolute atomic E-state index is 0.153. The Kier molecular flexibility index (Phi) is 4.22. The van der Waals surface area contributed by atoms with Crippen LogP contribution in [0, 0.1) is 5.92 Å². The number of rotatable bonds is 3. The number of nitrogens with one attached hydrogen (secondary N) is 1. The predicted octanol–water partition coefficient (Wildman–Crippen LogP) is 1.45. The highest BCUT2D eigenvalue weighted by molar-refractivity contribution is 5.71. The lowest BCUT2D eigenvalue weighted by molar-refractivity contribution is -0.144. The van der Waals surface area contributed by atoms with E-state index in [-0.39, 0.29) is 6.04 Å². The van der Waals surface area contributed by atoms with E-state index in [9.17, 15) is 14.7 Å². The molecule has 1 saturated carbocycles. The largest absolute Gasteiger partial charge is 0.481 e. The van der Waals surface area contributed by atoms with Crippen LogP contribution in [0.3, 0.4) is 0 Å². The molecule has 1 aliphatic heterocycles. The van der Waals surface area contributed by atoms with Crippen molar-refractivity contribution in [1.29, 1.82) is 0 Å². The molecule has 0 bridgehead atoms. The second-order valence-electron chi connectivity index (χ2n) is 6.80. The van der Waals surface area contributed by atoms with E-state index in [2.05, 4.69) is 10.2 Å². The topological polar surface area (TPSA) is 78.9 Å². The summed E-state index contributed by atoms with van der Waals surface area (Å²) in [6, 6.07) is 0.348. The molecule has 0 aromatic rings. The summed E-state index contributed by atoms with van der Waals surface area (Å²) in [7, 11) is 0. The van der Waals surface area contributed by atoms with Gasteiger partial charge in [0.2, 0.25) is 0 Å². The Morgan fingerprint density at radius 1 is 1.25 bits per heavy atom. The van der Waals surface area contributed by atoms with Crippen molar-refractivity contribution in [2.75, 3.05) is 13.1 Å². The maximum absolute atomic E-state index is 11.8. The molecule has 20 heavy (non-hydrogen) atoms. The standard InChI is InChI=1S/C14H24N2O4/c1-14(2,3)20-13(19)15-10-6-9(12(17)18)7-16(8-10)11-4-5-11/h9-11H,4-8H2,1-3H3,(H,15,19)(H,17,18). The summed E-state index contributed by atoms with van der Waals surface area (Å²) in [5, 5.41) is 12.0. The Hall–Kier alpha value is -1.30. The van der Waals surface area contributed by atoms with Gasteiger partial charge >= 0.3 is 12.1 Å². The molecule has 1 saturated heterocycles. The molecule has 0 aromatic carbocycles. The number of carbonyl (C=O) groups is 2. The molecule has 2 unspecified atom stereocenters. The van der Waals surface area contributed by atoms with Crippen molar-refractivity contribution >= 4 is 12.1 Å². The number of alkyl carbamates (subject to hydrolysis) is 1. The van der Waals surface area contributed by atoms with Crippen LogP contribution in [0.5, 0.6) is 0 Å². The Morgan fingerprint density at radius 2 is 1.90 bits per heavy atom. The highest BCUT2D eigenvalue weighted by Crippen LogP contribution is 2.31. The fraction of sp³-hybridized carbons (Fsp3) is 0.857. The lowest BCUT2D eigenvalue weighted by atomic mass is 9.94. The smallest absolute Gasteiger partial charge is 0.407 e. The van der Waals surface area contributed by atoms with E-state index in [4.69, 9.17) is 4.74 Å². The first-order valence-corrected chi connectivity index (χ1v) is 7.21. The normalized spacial score (nSPS) is 27.9. The first-order valence-electron chi connectivity index (χ1n) is 7.21. The number of hydrogen-bond donors (Lipinski definition) is 2.